The van der Waals surface area contributed by atoms with Crippen LogP contribution in [0.4, 0.5) is 10.2 Å². The highest BCUT2D eigenvalue weighted by molar-refractivity contribution is 7.88. The quantitative estimate of drug-likeness (QED) is 0.325. The highest BCUT2D eigenvalue weighted by Gasteiger charge is 2.54. The second-order valence-corrected chi connectivity index (χ2v) is 13.4. The highest BCUT2D eigenvalue weighted by Crippen LogP contribution is 2.44. The molecule has 1 atom stereocenters. The van der Waals surface area contributed by atoms with Crippen molar-refractivity contribution in [1.29, 1.82) is 5.26 Å². The van der Waals surface area contributed by atoms with Crippen molar-refractivity contribution in [3.05, 3.63) is 63.3 Å². The highest BCUT2D eigenvalue weighted by atomic mass is 35.5. The first-order valence-electron chi connectivity index (χ1n) is 12.6. The van der Waals surface area contributed by atoms with Gasteiger partial charge in [0.05, 0.1) is 33.1 Å². The summed E-state index contributed by atoms with van der Waals surface area (Å²) in [6.45, 7) is 5.65. The molecule has 0 unspecified atom stereocenters. The van der Waals surface area contributed by atoms with Gasteiger partial charge in [0.15, 0.2) is 11.6 Å². The molecule has 0 amide bonds. The number of benzene rings is 1. The van der Waals surface area contributed by atoms with Crippen molar-refractivity contribution in [3.8, 4) is 23.1 Å². The maximum Gasteiger partial charge on any atom is 0.211 e. The van der Waals surface area contributed by atoms with Gasteiger partial charge in [0.2, 0.25) is 10.0 Å². The van der Waals surface area contributed by atoms with Gasteiger partial charge in [0.1, 0.15) is 23.7 Å². The van der Waals surface area contributed by atoms with Crippen LogP contribution in [-0.2, 0) is 10.0 Å². The number of hydrogen-bond acceptors (Lipinski definition) is 8. The Kier molecular flexibility index (Phi) is 6.61. The summed E-state index contributed by atoms with van der Waals surface area (Å²) >= 11 is 12.7. The number of nitriles is 1. The number of ether oxygens (including phenoxy) is 1. The average Bonchev–Trinajstić information content (AvgIpc) is 3.26. The van der Waals surface area contributed by atoms with Crippen LogP contribution in [-0.4, -0.2) is 65.3 Å². The molecular weight excluding hydrogens is 592 g/mol. The van der Waals surface area contributed by atoms with Crippen LogP contribution < -0.4 is 9.64 Å². The lowest BCUT2D eigenvalue weighted by molar-refractivity contribution is 0.0395. The third-order valence-electron chi connectivity index (χ3n) is 7.61. The fourth-order valence-electron chi connectivity index (χ4n) is 5.50. The van der Waals surface area contributed by atoms with Crippen LogP contribution >= 0.6 is 23.2 Å². The summed E-state index contributed by atoms with van der Waals surface area (Å²) in [6.07, 6.45) is 3.63. The first-order valence-corrected chi connectivity index (χ1v) is 15.2. The van der Waals surface area contributed by atoms with E-state index in [0.29, 0.717) is 81.0 Å². The Morgan fingerprint density at radius 2 is 1.90 bits per heavy atom. The van der Waals surface area contributed by atoms with Gasteiger partial charge in [-0.05, 0) is 26.0 Å². The van der Waals surface area contributed by atoms with Gasteiger partial charge in [-0.1, -0.05) is 23.2 Å². The Morgan fingerprint density at radius 1 is 1.17 bits per heavy atom. The van der Waals surface area contributed by atoms with Gasteiger partial charge in [0, 0.05) is 66.6 Å². The number of aromatic amines is 1. The Hall–Kier alpha value is -3.50. The molecule has 10 nitrogen and oxygen atoms in total. The molecule has 2 saturated heterocycles. The van der Waals surface area contributed by atoms with E-state index >= 15 is 4.39 Å². The molecule has 1 N–H and O–H groups in total. The lowest BCUT2D eigenvalue weighted by Gasteiger charge is -2.59. The van der Waals surface area contributed by atoms with Gasteiger partial charge in [-0.2, -0.15) is 10.4 Å². The standard InChI is InChI=1S/C27H24Cl2FN7O3S/c1-14-24(29)23(19(28)9-32-14)15(2)40-22-5-18-21(6-20(22)30)34-35-25(18)17-4-16(7-31)26(33-8-17)36-10-27(11-36)12-37(13-27)41(3,38)39/h4-6,8-9,15H,10-13H2,1-3H3,(H,34,35)/t15-/m1/s1. The van der Waals surface area contributed by atoms with E-state index in [1.54, 1.807) is 32.2 Å². The summed E-state index contributed by atoms with van der Waals surface area (Å²) in [7, 11) is -3.20. The second-order valence-electron chi connectivity index (χ2n) is 10.7. The minimum Gasteiger partial charge on any atom is -0.483 e. The number of aryl methyl sites for hydroxylation is 1. The Bertz CT molecular complexity index is 1860. The number of anilines is 1. The van der Waals surface area contributed by atoms with E-state index in [1.165, 1.54) is 22.8 Å². The van der Waals surface area contributed by atoms with Crippen LogP contribution in [0.15, 0.2) is 30.6 Å². The fraction of sp³-hybridized carbons (Fsp3) is 0.333. The number of aromatic nitrogens is 4. The van der Waals surface area contributed by atoms with Crippen LogP contribution in [0.3, 0.4) is 0 Å². The van der Waals surface area contributed by atoms with Gasteiger partial charge in [-0.3, -0.25) is 10.1 Å². The molecule has 0 bridgehead atoms. The molecule has 212 valence electrons. The molecule has 6 rings (SSSR count). The zero-order valence-corrected chi connectivity index (χ0v) is 24.6. The van der Waals surface area contributed by atoms with Gasteiger partial charge < -0.3 is 9.64 Å². The van der Waals surface area contributed by atoms with Crippen molar-refractivity contribution in [1.82, 2.24) is 24.5 Å². The molecule has 3 aromatic heterocycles. The van der Waals surface area contributed by atoms with Crippen LogP contribution in [0.1, 0.15) is 29.8 Å². The summed E-state index contributed by atoms with van der Waals surface area (Å²) in [5.74, 6) is -0.0837. The topological polar surface area (TPSA) is 128 Å². The summed E-state index contributed by atoms with van der Waals surface area (Å²) in [4.78, 5) is 10.7. The Balaban J connectivity index is 1.26. The number of nitrogens with one attached hydrogen (secondary N) is 1. The van der Waals surface area contributed by atoms with Crippen LogP contribution in [0.5, 0.6) is 5.75 Å². The van der Waals surface area contributed by atoms with E-state index in [4.69, 9.17) is 27.9 Å². The third-order valence-corrected chi connectivity index (χ3v) is 9.59. The molecule has 2 aliphatic rings. The number of fused-ring (bicyclic) bond motifs is 1. The van der Waals surface area contributed by atoms with Crippen LogP contribution in [0.2, 0.25) is 10.0 Å². The molecule has 0 radical (unpaired) electrons. The number of rotatable bonds is 6. The number of hydrogen-bond donors (Lipinski definition) is 1. The number of halogens is 3. The molecule has 5 heterocycles. The average molecular weight is 617 g/mol. The van der Waals surface area contributed by atoms with Gasteiger partial charge in [0.25, 0.3) is 0 Å². The zero-order chi connectivity index (χ0) is 29.3. The molecule has 2 aliphatic heterocycles. The first kappa shape index (κ1) is 27.7. The van der Waals surface area contributed by atoms with Crippen molar-refractivity contribution >= 4 is 49.9 Å². The monoisotopic (exact) mass is 615 g/mol. The normalized spacial score (nSPS) is 17.2. The molecule has 41 heavy (non-hydrogen) atoms. The van der Waals surface area contributed by atoms with E-state index in [0.717, 1.165) is 0 Å². The summed E-state index contributed by atoms with van der Waals surface area (Å²) in [6, 6.07) is 6.73. The van der Waals surface area contributed by atoms with Crippen molar-refractivity contribution in [2.45, 2.75) is 20.0 Å². The molecular formula is C27H24Cl2FN7O3S. The summed E-state index contributed by atoms with van der Waals surface area (Å²) in [5.41, 5.74) is 2.83. The number of nitrogens with zero attached hydrogens (tertiary/aromatic N) is 6. The maximum atomic E-state index is 15.0. The molecule has 4 aromatic rings. The minimum atomic E-state index is -3.20. The summed E-state index contributed by atoms with van der Waals surface area (Å²) < 4.78 is 45.9. The zero-order valence-electron chi connectivity index (χ0n) is 22.2. The molecule has 2 fully saturated rings. The van der Waals surface area contributed by atoms with Crippen molar-refractivity contribution in [2.75, 3.05) is 37.3 Å². The molecule has 14 heteroatoms. The SMILES string of the molecule is Cc1ncc(Cl)c([C@@H](C)Oc2cc3c(-c4cnc(N5CC6(C5)CN(S(C)(=O)=O)C6)c(C#N)c4)n[nH]c3cc2F)c1Cl. The van der Waals surface area contributed by atoms with Gasteiger partial charge >= 0.3 is 0 Å². The molecule has 0 aliphatic carbocycles. The van der Waals surface area contributed by atoms with Crippen molar-refractivity contribution in [2.24, 2.45) is 5.41 Å². The van der Waals surface area contributed by atoms with E-state index in [9.17, 15) is 13.7 Å². The number of pyridine rings is 2. The van der Waals surface area contributed by atoms with Crippen molar-refractivity contribution < 1.29 is 17.5 Å². The minimum absolute atomic E-state index is 0.0196. The lowest BCUT2D eigenvalue weighted by atomic mass is 9.74. The smallest absolute Gasteiger partial charge is 0.211 e. The van der Waals surface area contributed by atoms with Crippen LogP contribution in [0.25, 0.3) is 22.2 Å². The van der Waals surface area contributed by atoms with E-state index in [2.05, 4.69) is 26.2 Å². The Labute approximate surface area is 245 Å². The Morgan fingerprint density at radius 3 is 2.59 bits per heavy atom. The van der Waals surface area contributed by atoms with E-state index < -0.39 is 21.9 Å². The van der Waals surface area contributed by atoms with E-state index in [1.807, 2.05) is 4.90 Å². The lowest BCUT2D eigenvalue weighted by Crippen LogP contribution is -2.73. The number of sulfonamides is 1. The maximum absolute atomic E-state index is 15.0. The van der Waals surface area contributed by atoms with Gasteiger partial charge in [-0.15, -0.1) is 0 Å². The molecule has 1 aromatic carbocycles. The first-order chi connectivity index (χ1) is 19.4. The predicted molar refractivity (Wildman–Crippen MR) is 153 cm³/mol. The third kappa shape index (κ3) is 4.76. The van der Waals surface area contributed by atoms with Gasteiger partial charge in [-0.25, -0.2) is 22.1 Å². The fourth-order valence-corrected chi connectivity index (χ4v) is 7.17. The summed E-state index contributed by atoms with van der Waals surface area (Å²) in [5, 5.41) is 18.3. The molecule has 0 saturated carbocycles. The van der Waals surface area contributed by atoms with E-state index in [-0.39, 0.29) is 11.2 Å². The van der Waals surface area contributed by atoms with Crippen molar-refractivity contribution in [3.63, 3.8) is 0 Å². The number of H-pyrrole nitrogens is 1. The second kappa shape index (κ2) is 9.80. The predicted octanol–water partition coefficient (Wildman–Crippen LogP) is 4.87. The largest absolute Gasteiger partial charge is 0.483 e. The molecule has 1 spiro atoms. The van der Waals surface area contributed by atoms with Crippen LogP contribution in [0, 0.1) is 29.5 Å².